The van der Waals surface area contributed by atoms with Gasteiger partial charge in [0.05, 0.1) is 5.69 Å². The summed E-state index contributed by atoms with van der Waals surface area (Å²) in [5.41, 5.74) is 1.41. The van der Waals surface area contributed by atoms with Crippen LogP contribution in [0.15, 0.2) is 0 Å². The van der Waals surface area contributed by atoms with E-state index in [1.807, 2.05) is 11.3 Å². The molecule has 2 heterocycles. The number of piperidine rings is 1. The lowest BCUT2D eigenvalue weighted by molar-refractivity contribution is 0.356. The predicted octanol–water partition coefficient (Wildman–Crippen LogP) is 4.00. The molecule has 3 nitrogen and oxygen atoms in total. The van der Waals surface area contributed by atoms with E-state index in [9.17, 15) is 0 Å². The smallest absolute Gasteiger partial charge is 0.185 e. The maximum absolute atomic E-state index is 5.05. The van der Waals surface area contributed by atoms with E-state index in [1.54, 1.807) is 0 Å². The maximum Gasteiger partial charge on any atom is 0.185 e. The van der Waals surface area contributed by atoms with Crippen LogP contribution < -0.4 is 10.2 Å². The van der Waals surface area contributed by atoms with Gasteiger partial charge in [-0.1, -0.05) is 20.8 Å². The Kier molecular flexibility index (Phi) is 4.85. The number of aromatic nitrogens is 1. The molecule has 2 unspecified atom stereocenters. The molecule has 0 spiro atoms. The van der Waals surface area contributed by atoms with E-state index in [1.165, 1.54) is 54.5 Å². The Hall–Kier alpha value is -0.610. The van der Waals surface area contributed by atoms with Crippen LogP contribution in [0.5, 0.6) is 0 Å². The molecule has 2 aliphatic rings. The Balaban J connectivity index is 1.74. The Morgan fingerprint density at radius 2 is 1.95 bits per heavy atom. The van der Waals surface area contributed by atoms with Gasteiger partial charge in [0.15, 0.2) is 5.13 Å². The average Bonchev–Trinajstić information content (AvgIpc) is 3.19. The third kappa shape index (κ3) is 3.78. The van der Waals surface area contributed by atoms with Gasteiger partial charge in [0.2, 0.25) is 0 Å². The molecule has 1 saturated carbocycles. The van der Waals surface area contributed by atoms with Crippen LogP contribution >= 0.6 is 11.3 Å². The van der Waals surface area contributed by atoms with Gasteiger partial charge in [0, 0.05) is 30.4 Å². The van der Waals surface area contributed by atoms with Gasteiger partial charge < -0.3 is 10.2 Å². The van der Waals surface area contributed by atoms with Crippen molar-refractivity contribution in [1.29, 1.82) is 0 Å². The summed E-state index contributed by atoms with van der Waals surface area (Å²) >= 11 is 1.94. The van der Waals surface area contributed by atoms with E-state index in [-0.39, 0.29) is 0 Å². The van der Waals surface area contributed by atoms with Crippen LogP contribution in [-0.4, -0.2) is 24.6 Å². The highest BCUT2D eigenvalue weighted by molar-refractivity contribution is 7.15. The summed E-state index contributed by atoms with van der Waals surface area (Å²) in [6.07, 6.45) is 5.25. The van der Waals surface area contributed by atoms with E-state index in [4.69, 9.17) is 4.98 Å². The molecule has 0 bridgehead atoms. The highest BCUT2D eigenvalue weighted by atomic mass is 32.1. The summed E-state index contributed by atoms with van der Waals surface area (Å²) in [4.78, 5) is 9.08. The van der Waals surface area contributed by atoms with Crippen molar-refractivity contribution in [3.8, 4) is 0 Å². The summed E-state index contributed by atoms with van der Waals surface area (Å²) in [5, 5.41) is 4.84. The quantitative estimate of drug-likeness (QED) is 0.805. The number of rotatable bonds is 6. The average molecular weight is 308 g/mol. The lowest BCUT2D eigenvalue weighted by atomic mass is 9.92. The van der Waals surface area contributed by atoms with Crippen molar-refractivity contribution in [2.45, 2.75) is 58.9 Å². The molecule has 2 fully saturated rings. The third-order valence-electron chi connectivity index (χ3n) is 4.53. The predicted molar refractivity (Wildman–Crippen MR) is 91.2 cm³/mol. The van der Waals surface area contributed by atoms with E-state index < -0.39 is 0 Å². The SMILES string of the molecule is CCCNCc1sc(N2CC(C)CC(C)C2)nc1C1CC1. The van der Waals surface area contributed by atoms with E-state index in [0.29, 0.717) is 0 Å². The Morgan fingerprint density at radius 3 is 2.57 bits per heavy atom. The van der Waals surface area contributed by atoms with Crippen LogP contribution in [0, 0.1) is 11.8 Å². The van der Waals surface area contributed by atoms with Crippen molar-refractivity contribution in [3.63, 3.8) is 0 Å². The minimum Gasteiger partial charge on any atom is -0.348 e. The summed E-state index contributed by atoms with van der Waals surface area (Å²) in [7, 11) is 0. The van der Waals surface area contributed by atoms with Gasteiger partial charge in [-0.15, -0.1) is 11.3 Å². The van der Waals surface area contributed by atoms with Crippen molar-refractivity contribution in [2.75, 3.05) is 24.5 Å². The molecular formula is C17H29N3S. The lowest BCUT2D eigenvalue weighted by Crippen LogP contribution is -2.38. The molecule has 1 N–H and O–H groups in total. The molecule has 118 valence electrons. The van der Waals surface area contributed by atoms with E-state index in [2.05, 4.69) is 31.0 Å². The molecule has 2 atom stereocenters. The first-order valence-corrected chi connectivity index (χ1v) is 9.44. The minimum absolute atomic E-state index is 0.757. The molecular weight excluding hydrogens is 278 g/mol. The Bertz CT molecular complexity index is 457. The second kappa shape index (κ2) is 6.66. The van der Waals surface area contributed by atoms with Crippen LogP contribution in [0.3, 0.4) is 0 Å². The van der Waals surface area contributed by atoms with Crippen molar-refractivity contribution < 1.29 is 0 Å². The molecule has 0 amide bonds. The number of hydrogen-bond acceptors (Lipinski definition) is 4. The summed E-state index contributed by atoms with van der Waals surface area (Å²) in [6, 6.07) is 0. The zero-order chi connectivity index (χ0) is 14.8. The van der Waals surface area contributed by atoms with Crippen LogP contribution in [0.4, 0.5) is 5.13 Å². The fourth-order valence-corrected chi connectivity index (χ4v) is 4.62. The monoisotopic (exact) mass is 307 g/mol. The summed E-state index contributed by atoms with van der Waals surface area (Å²) < 4.78 is 0. The van der Waals surface area contributed by atoms with Gasteiger partial charge in [0.25, 0.3) is 0 Å². The van der Waals surface area contributed by atoms with Gasteiger partial charge in [-0.2, -0.15) is 0 Å². The molecule has 3 rings (SSSR count). The van der Waals surface area contributed by atoms with E-state index in [0.717, 1.165) is 30.8 Å². The molecule has 21 heavy (non-hydrogen) atoms. The molecule has 1 aliphatic carbocycles. The fourth-order valence-electron chi connectivity index (χ4n) is 3.49. The third-order valence-corrected chi connectivity index (χ3v) is 5.66. The molecule has 4 heteroatoms. The van der Waals surface area contributed by atoms with Crippen molar-refractivity contribution in [3.05, 3.63) is 10.6 Å². The highest BCUT2D eigenvalue weighted by Crippen LogP contribution is 2.44. The molecule has 1 aliphatic heterocycles. The Morgan fingerprint density at radius 1 is 1.24 bits per heavy atom. The minimum atomic E-state index is 0.757. The first-order chi connectivity index (χ1) is 10.2. The van der Waals surface area contributed by atoms with E-state index >= 15 is 0 Å². The van der Waals surface area contributed by atoms with Gasteiger partial charge >= 0.3 is 0 Å². The topological polar surface area (TPSA) is 28.2 Å². The normalized spacial score (nSPS) is 26.3. The molecule has 1 aromatic rings. The maximum atomic E-state index is 5.05. The van der Waals surface area contributed by atoms with Gasteiger partial charge in [0.1, 0.15) is 0 Å². The number of nitrogens with zero attached hydrogens (tertiary/aromatic N) is 2. The second-order valence-electron chi connectivity index (χ2n) is 7.11. The lowest BCUT2D eigenvalue weighted by Gasteiger charge is -2.34. The van der Waals surface area contributed by atoms with Crippen LogP contribution in [-0.2, 0) is 6.54 Å². The first kappa shape index (κ1) is 15.3. The number of nitrogens with one attached hydrogen (secondary N) is 1. The summed E-state index contributed by atoms with van der Waals surface area (Å²) in [5.74, 6) is 2.35. The largest absolute Gasteiger partial charge is 0.348 e. The zero-order valence-electron chi connectivity index (χ0n) is 13.7. The van der Waals surface area contributed by atoms with Crippen LogP contribution in [0.1, 0.15) is 62.9 Å². The molecule has 1 saturated heterocycles. The first-order valence-electron chi connectivity index (χ1n) is 8.62. The van der Waals surface area contributed by atoms with Crippen molar-refractivity contribution in [2.24, 2.45) is 11.8 Å². The summed E-state index contributed by atoms with van der Waals surface area (Å²) in [6.45, 7) is 11.5. The van der Waals surface area contributed by atoms with Gasteiger partial charge in [-0.25, -0.2) is 4.98 Å². The number of anilines is 1. The molecule has 1 aromatic heterocycles. The number of hydrogen-bond donors (Lipinski definition) is 1. The second-order valence-corrected chi connectivity index (χ2v) is 8.17. The molecule has 0 radical (unpaired) electrons. The standard InChI is InChI=1S/C17H29N3S/c1-4-7-18-9-15-16(14-5-6-14)19-17(21-15)20-10-12(2)8-13(3)11-20/h12-14,18H,4-11H2,1-3H3. The zero-order valence-corrected chi connectivity index (χ0v) is 14.5. The molecule has 0 aromatic carbocycles. The number of thiazole rings is 1. The van der Waals surface area contributed by atoms with Crippen molar-refractivity contribution in [1.82, 2.24) is 10.3 Å². The van der Waals surface area contributed by atoms with Crippen LogP contribution in [0.25, 0.3) is 0 Å². The van der Waals surface area contributed by atoms with Gasteiger partial charge in [-0.3, -0.25) is 0 Å². The Labute approximate surface area is 133 Å². The highest BCUT2D eigenvalue weighted by Gasteiger charge is 2.31. The van der Waals surface area contributed by atoms with Gasteiger partial charge in [-0.05, 0) is 44.1 Å². The van der Waals surface area contributed by atoms with Crippen LogP contribution in [0.2, 0.25) is 0 Å². The fraction of sp³-hybridized carbons (Fsp3) is 0.824. The van der Waals surface area contributed by atoms with Crippen molar-refractivity contribution >= 4 is 16.5 Å².